The maximum Gasteiger partial charge on any atom is 0.408 e. The number of nitrogens with one attached hydrogen (secondary N) is 2. The number of amides is 3. The first kappa shape index (κ1) is 34.9. The van der Waals surface area contributed by atoms with E-state index in [0.717, 1.165) is 16.0 Å². The lowest BCUT2D eigenvalue weighted by atomic mass is 9.98. The van der Waals surface area contributed by atoms with E-state index >= 15 is 0 Å². The van der Waals surface area contributed by atoms with Crippen molar-refractivity contribution in [1.29, 1.82) is 0 Å². The zero-order valence-corrected chi connectivity index (χ0v) is 26.7. The van der Waals surface area contributed by atoms with Gasteiger partial charge < -0.3 is 20.1 Å². The number of nitrogens with zero attached hydrogens (tertiary/aromatic N) is 1. The molecule has 2 rings (SSSR count). The topological polar surface area (TPSA) is 114 Å². The monoisotopic (exact) mass is 591 g/mol. The first-order valence-corrected chi connectivity index (χ1v) is 14.3. The van der Waals surface area contributed by atoms with Gasteiger partial charge in [-0.15, -0.1) is 0 Å². The van der Waals surface area contributed by atoms with Crippen molar-refractivity contribution in [3.8, 4) is 12.5 Å². The molecule has 3 unspecified atom stereocenters. The summed E-state index contributed by atoms with van der Waals surface area (Å²) in [6.07, 6.45) is 5.25. The summed E-state index contributed by atoms with van der Waals surface area (Å²) >= 11 is 0. The second kappa shape index (κ2) is 14.7. The Morgan fingerprint density at radius 3 is 1.91 bits per heavy atom. The van der Waals surface area contributed by atoms with Crippen LogP contribution in [0, 0.1) is 25.3 Å². The molecular weight excluding hydrogens is 546 g/mol. The van der Waals surface area contributed by atoms with E-state index in [-0.39, 0.29) is 6.42 Å². The van der Waals surface area contributed by atoms with E-state index in [1.165, 1.54) is 0 Å². The second-order valence-corrected chi connectivity index (χ2v) is 12.8. The Labute approximate surface area is 255 Å². The second-order valence-electron chi connectivity index (χ2n) is 12.8. The van der Waals surface area contributed by atoms with Gasteiger partial charge >= 0.3 is 12.1 Å². The van der Waals surface area contributed by atoms with Crippen LogP contribution in [0.1, 0.15) is 78.1 Å². The van der Waals surface area contributed by atoms with E-state index in [2.05, 4.69) is 16.7 Å². The van der Waals surface area contributed by atoms with Crippen LogP contribution in [0.2, 0.25) is 0 Å². The molecule has 9 nitrogen and oxygen atoms in total. The molecule has 0 saturated carbocycles. The van der Waals surface area contributed by atoms with Crippen LogP contribution in [0.25, 0.3) is 0 Å². The average molecular weight is 592 g/mol. The Morgan fingerprint density at radius 1 is 0.860 bits per heavy atom. The number of carbonyl (C=O) groups excluding carboxylic acids is 4. The van der Waals surface area contributed by atoms with E-state index in [4.69, 9.17) is 15.9 Å². The molecule has 9 heteroatoms. The predicted octanol–water partition coefficient (Wildman–Crippen LogP) is 5.07. The van der Waals surface area contributed by atoms with Crippen LogP contribution in [0.4, 0.5) is 4.79 Å². The van der Waals surface area contributed by atoms with E-state index in [9.17, 15) is 19.2 Å². The number of esters is 1. The summed E-state index contributed by atoms with van der Waals surface area (Å²) in [4.78, 5) is 54.9. The number of alkyl carbamates (subject to hydrolysis) is 1. The summed E-state index contributed by atoms with van der Waals surface area (Å²) < 4.78 is 11.0. The molecule has 232 valence electrons. The smallest absolute Gasteiger partial charge is 0.408 e. The molecule has 0 aliphatic carbocycles. The minimum Gasteiger partial charge on any atom is -0.458 e. The SMILES string of the molecule is C#CN(C(=O)C(NC(=O)OC(C)(C)C)C(C)C)C(C(=O)NC(Cc1ccccc1)C(=O)OC(C)(C)C)c1ccc(C)cc1. The fourth-order valence-electron chi connectivity index (χ4n) is 4.20. The van der Waals surface area contributed by atoms with E-state index < -0.39 is 59.1 Å². The largest absolute Gasteiger partial charge is 0.458 e. The number of carbonyl (C=O) groups is 4. The third-order valence-corrected chi connectivity index (χ3v) is 6.17. The van der Waals surface area contributed by atoms with Crippen LogP contribution in [0.5, 0.6) is 0 Å². The van der Waals surface area contributed by atoms with Crippen LogP contribution >= 0.6 is 0 Å². The van der Waals surface area contributed by atoms with Gasteiger partial charge in [-0.2, -0.15) is 0 Å². The molecule has 43 heavy (non-hydrogen) atoms. The molecule has 3 atom stereocenters. The van der Waals surface area contributed by atoms with E-state index in [0.29, 0.717) is 5.56 Å². The molecule has 0 spiro atoms. The van der Waals surface area contributed by atoms with Crippen molar-refractivity contribution in [2.75, 3.05) is 0 Å². The third kappa shape index (κ3) is 11.1. The highest BCUT2D eigenvalue weighted by Crippen LogP contribution is 2.25. The van der Waals surface area contributed by atoms with Gasteiger partial charge in [-0.05, 0) is 65.5 Å². The normalized spacial score (nSPS) is 13.6. The maximum atomic E-state index is 14.1. The highest BCUT2D eigenvalue weighted by atomic mass is 16.6. The molecule has 0 aliphatic rings. The van der Waals surface area contributed by atoms with Crippen molar-refractivity contribution in [2.45, 2.75) is 98.1 Å². The molecular formula is C34H45N3O6. The summed E-state index contributed by atoms with van der Waals surface area (Å²) in [7, 11) is 0. The van der Waals surface area contributed by atoms with Crippen LogP contribution in [-0.4, -0.2) is 52.1 Å². The zero-order valence-electron chi connectivity index (χ0n) is 26.7. The Morgan fingerprint density at radius 2 is 1.42 bits per heavy atom. The summed E-state index contributed by atoms with van der Waals surface area (Å²) in [6.45, 7) is 15.7. The standard InChI is InChI=1S/C34H45N3O6/c1-11-37(30(39)27(22(2)3)36-32(41)43-34(8,9)10)28(25-19-17-23(4)18-20-25)29(38)35-26(31(40)42-33(5,6)7)21-24-15-13-12-14-16-24/h1,12-20,22,26-28H,21H2,2-10H3,(H,35,38)(H,36,41). The van der Waals surface area contributed by atoms with Gasteiger partial charge in [0.2, 0.25) is 5.91 Å². The highest BCUT2D eigenvalue weighted by Gasteiger charge is 2.39. The number of rotatable bonds is 10. The molecule has 0 saturated heterocycles. The predicted molar refractivity (Wildman–Crippen MR) is 166 cm³/mol. The van der Waals surface area contributed by atoms with Gasteiger partial charge in [0.05, 0.1) is 0 Å². The summed E-state index contributed by atoms with van der Waals surface area (Å²) in [5.74, 6) is -2.38. The zero-order chi connectivity index (χ0) is 32.5. The van der Waals surface area contributed by atoms with Crippen LogP contribution in [0.15, 0.2) is 54.6 Å². The fraction of sp³-hybridized carbons (Fsp3) is 0.471. The average Bonchev–Trinajstić information content (AvgIpc) is 2.88. The summed E-state index contributed by atoms with van der Waals surface area (Å²) in [5.41, 5.74) is 0.573. The van der Waals surface area contributed by atoms with Crippen molar-refractivity contribution >= 4 is 23.9 Å². The van der Waals surface area contributed by atoms with Gasteiger partial charge in [-0.1, -0.05) is 80.4 Å². The number of terminal acetylenes is 1. The van der Waals surface area contributed by atoms with Gasteiger partial charge in [0.15, 0.2) is 0 Å². The first-order valence-electron chi connectivity index (χ1n) is 14.3. The maximum absolute atomic E-state index is 14.1. The Bertz CT molecular complexity index is 1300. The molecule has 0 fully saturated rings. The van der Waals surface area contributed by atoms with Gasteiger partial charge in [0.1, 0.15) is 29.3 Å². The first-order chi connectivity index (χ1) is 19.9. The fourth-order valence-corrected chi connectivity index (χ4v) is 4.20. The van der Waals surface area contributed by atoms with Gasteiger partial charge in [-0.25, -0.2) is 9.59 Å². The van der Waals surface area contributed by atoms with Crippen molar-refractivity contribution in [3.63, 3.8) is 0 Å². The van der Waals surface area contributed by atoms with Crippen LogP contribution in [0.3, 0.4) is 0 Å². The van der Waals surface area contributed by atoms with Crippen molar-refractivity contribution in [3.05, 3.63) is 71.3 Å². The molecule has 0 aromatic heterocycles. The van der Waals surface area contributed by atoms with Gasteiger partial charge in [-0.3, -0.25) is 14.5 Å². The van der Waals surface area contributed by atoms with Crippen molar-refractivity contribution < 1.29 is 28.7 Å². The lowest BCUT2D eigenvalue weighted by Gasteiger charge is -2.33. The van der Waals surface area contributed by atoms with Crippen LogP contribution in [-0.2, 0) is 30.3 Å². The minimum absolute atomic E-state index is 0.154. The third-order valence-electron chi connectivity index (χ3n) is 6.17. The number of benzene rings is 2. The highest BCUT2D eigenvalue weighted by molar-refractivity contribution is 5.95. The Balaban J connectivity index is 2.52. The summed E-state index contributed by atoms with van der Waals surface area (Å²) in [5, 5.41) is 5.40. The summed E-state index contributed by atoms with van der Waals surface area (Å²) in [6, 6.07) is 15.1. The number of hydrogen-bond acceptors (Lipinski definition) is 6. The lowest BCUT2D eigenvalue weighted by Crippen LogP contribution is -2.55. The molecule has 2 aromatic rings. The number of hydrogen-bond donors (Lipinski definition) is 2. The minimum atomic E-state index is -1.32. The molecule has 0 heterocycles. The molecule has 2 N–H and O–H groups in total. The number of ether oxygens (including phenoxy) is 2. The van der Waals surface area contributed by atoms with Gasteiger partial charge in [0, 0.05) is 12.5 Å². The lowest BCUT2D eigenvalue weighted by molar-refractivity contribution is -0.159. The van der Waals surface area contributed by atoms with Crippen molar-refractivity contribution in [1.82, 2.24) is 15.5 Å². The quantitative estimate of drug-likeness (QED) is 0.227. The molecule has 0 bridgehead atoms. The van der Waals surface area contributed by atoms with E-state index in [1.54, 1.807) is 79.7 Å². The van der Waals surface area contributed by atoms with Gasteiger partial charge in [0.25, 0.3) is 5.91 Å². The molecule has 3 amide bonds. The van der Waals surface area contributed by atoms with Crippen molar-refractivity contribution in [2.24, 2.45) is 5.92 Å². The molecule has 0 aliphatic heterocycles. The Hall–Kier alpha value is -4.32. The van der Waals surface area contributed by atoms with E-state index in [1.807, 2.05) is 37.3 Å². The molecule has 0 radical (unpaired) electrons. The number of aryl methyl sites for hydroxylation is 1. The Kier molecular flexibility index (Phi) is 11.9. The molecule has 2 aromatic carbocycles. The van der Waals surface area contributed by atoms with Crippen LogP contribution < -0.4 is 10.6 Å².